The summed E-state index contributed by atoms with van der Waals surface area (Å²) in [6, 6.07) is 6.50. The van der Waals surface area contributed by atoms with Crippen LogP contribution in [-0.2, 0) is 6.54 Å². The summed E-state index contributed by atoms with van der Waals surface area (Å²) in [7, 11) is 2.95. The highest BCUT2D eigenvalue weighted by Gasteiger charge is 2.31. The van der Waals surface area contributed by atoms with Crippen molar-refractivity contribution in [2.24, 2.45) is 5.92 Å². The highest BCUT2D eigenvalue weighted by Crippen LogP contribution is 2.41. The van der Waals surface area contributed by atoms with E-state index in [2.05, 4.69) is 5.32 Å². The van der Waals surface area contributed by atoms with Gasteiger partial charge in [0.25, 0.3) is 5.56 Å². The Balaban J connectivity index is 1.91. The van der Waals surface area contributed by atoms with Gasteiger partial charge in [0.15, 0.2) is 0 Å². The molecule has 3 heterocycles. The Bertz CT molecular complexity index is 940. The number of rotatable bonds is 4. The van der Waals surface area contributed by atoms with Gasteiger partial charge in [0.1, 0.15) is 11.5 Å². The van der Waals surface area contributed by atoms with Gasteiger partial charge in [-0.05, 0) is 42.6 Å². The number of carboxylic acid groups (broad SMARTS) is 1. The van der Waals surface area contributed by atoms with Crippen molar-refractivity contribution in [2.45, 2.75) is 18.9 Å². The summed E-state index contributed by atoms with van der Waals surface area (Å²) in [6.45, 7) is 2.53. The van der Waals surface area contributed by atoms with Crippen molar-refractivity contribution < 1.29 is 19.4 Å². The van der Waals surface area contributed by atoms with E-state index in [1.165, 1.54) is 26.4 Å². The van der Waals surface area contributed by atoms with Gasteiger partial charge in [0.2, 0.25) is 0 Å². The van der Waals surface area contributed by atoms with E-state index in [0.717, 1.165) is 31.7 Å². The fraction of sp³-hybridized carbons (Fsp3) is 0.400. The first kappa shape index (κ1) is 17.6. The number of carboxylic acids is 1. The van der Waals surface area contributed by atoms with Crippen LogP contribution in [0.2, 0.25) is 0 Å². The number of fused-ring (bicyclic) bond motifs is 4. The Morgan fingerprint density at radius 1 is 1.15 bits per heavy atom. The van der Waals surface area contributed by atoms with Crippen LogP contribution >= 0.6 is 0 Å². The monoisotopic (exact) mass is 370 g/mol. The second-order valence-electron chi connectivity index (χ2n) is 7.14. The van der Waals surface area contributed by atoms with E-state index in [1.807, 2.05) is 10.6 Å². The molecule has 2 aromatic rings. The number of aromatic nitrogens is 1. The van der Waals surface area contributed by atoms with Crippen LogP contribution in [0.5, 0.6) is 11.5 Å². The van der Waals surface area contributed by atoms with E-state index in [-0.39, 0.29) is 11.1 Å². The predicted octanol–water partition coefficient (Wildman–Crippen LogP) is 1.94. The first-order chi connectivity index (χ1) is 13.0. The molecule has 27 heavy (non-hydrogen) atoms. The molecule has 0 aliphatic carbocycles. The molecule has 0 amide bonds. The van der Waals surface area contributed by atoms with Crippen LogP contribution < -0.4 is 20.3 Å². The molecule has 0 spiro atoms. The number of benzene rings is 1. The van der Waals surface area contributed by atoms with E-state index in [9.17, 15) is 14.7 Å². The molecule has 7 heteroatoms. The van der Waals surface area contributed by atoms with Crippen LogP contribution in [0.25, 0.3) is 11.1 Å². The van der Waals surface area contributed by atoms with Gasteiger partial charge in [0, 0.05) is 30.8 Å². The first-order valence-electron chi connectivity index (χ1n) is 8.97. The molecule has 2 aliphatic rings. The summed E-state index contributed by atoms with van der Waals surface area (Å²) in [5.41, 5.74) is 2.30. The van der Waals surface area contributed by atoms with Crippen molar-refractivity contribution >= 4 is 5.97 Å². The van der Waals surface area contributed by atoms with E-state index >= 15 is 0 Å². The number of pyridine rings is 1. The number of hydrogen-bond donors (Lipinski definition) is 2. The normalized spacial score (nSPS) is 20.7. The minimum absolute atomic E-state index is 0.0504. The van der Waals surface area contributed by atoms with Crippen molar-refractivity contribution in [3.05, 3.63) is 45.9 Å². The summed E-state index contributed by atoms with van der Waals surface area (Å²) in [4.78, 5) is 24.2. The van der Waals surface area contributed by atoms with Crippen molar-refractivity contribution in [3.8, 4) is 22.6 Å². The van der Waals surface area contributed by atoms with Crippen molar-refractivity contribution in [1.29, 1.82) is 0 Å². The molecule has 4 rings (SSSR count). The van der Waals surface area contributed by atoms with Gasteiger partial charge in [0.05, 0.1) is 25.3 Å². The minimum atomic E-state index is -1.07. The topological polar surface area (TPSA) is 89.8 Å². The molecule has 142 valence electrons. The maximum absolute atomic E-state index is 12.8. The molecule has 0 unspecified atom stereocenters. The van der Waals surface area contributed by atoms with E-state index in [0.29, 0.717) is 34.5 Å². The molecule has 2 atom stereocenters. The Morgan fingerprint density at radius 2 is 1.85 bits per heavy atom. The number of nitrogens with zero attached hydrogens (tertiary/aromatic N) is 1. The maximum Gasteiger partial charge on any atom is 0.335 e. The quantitative estimate of drug-likeness (QED) is 0.855. The van der Waals surface area contributed by atoms with Crippen LogP contribution in [0.4, 0.5) is 0 Å². The van der Waals surface area contributed by atoms with E-state index < -0.39 is 5.97 Å². The Morgan fingerprint density at radius 3 is 2.48 bits per heavy atom. The van der Waals surface area contributed by atoms with Crippen LogP contribution in [0, 0.1) is 5.92 Å². The maximum atomic E-state index is 12.8. The average molecular weight is 370 g/mol. The lowest BCUT2D eigenvalue weighted by atomic mass is 9.83. The third-order valence-electron chi connectivity index (χ3n) is 5.50. The molecular formula is C20H22N2O5. The number of aromatic carboxylic acids is 1. The standard InChI is InChI=1S/C20H22N2O5/c1-26-16-5-13(20(24)25)6-17(27-2)19(16)12-4-15-14-3-11(8-21-9-14)10-22(15)18(23)7-12/h4-7,11,14,21H,3,8-10H2,1-2H3,(H,24,25)/t11-,14+/m0/s1. The number of methoxy groups -OCH3 is 2. The molecular weight excluding hydrogens is 348 g/mol. The lowest BCUT2D eigenvalue weighted by Crippen LogP contribution is -2.44. The van der Waals surface area contributed by atoms with Crippen LogP contribution in [0.3, 0.4) is 0 Å². The third kappa shape index (κ3) is 2.98. The van der Waals surface area contributed by atoms with Gasteiger partial charge in [-0.15, -0.1) is 0 Å². The lowest BCUT2D eigenvalue weighted by molar-refractivity contribution is 0.0696. The minimum Gasteiger partial charge on any atom is -0.496 e. The fourth-order valence-corrected chi connectivity index (χ4v) is 4.27. The van der Waals surface area contributed by atoms with Crippen molar-refractivity contribution in [2.75, 3.05) is 27.3 Å². The number of ether oxygens (including phenoxy) is 2. The zero-order chi connectivity index (χ0) is 19.1. The fourth-order valence-electron chi connectivity index (χ4n) is 4.27. The van der Waals surface area contributed by atoms with Crippen LogP contribution in [0.1, 0.15) is 28.4 Å². The van der Waals surface area contributed by atoms with Crippen molar-refractivity contribution in [1.82, 2.24) is 9.88 Å². The van der Waals surface area contributed by atoms with Crippen molar-refractivity contribution in [3.63, 3.8) is 0 Å². The van der Waals surface area contributed by atoms with Gasteiger partial charge < -0.3 is 24.5 Å². The van der Waals surface area contributed by atoms with Gasteiger partial charge in [-0.3, -0.25) is 4.79 Å². The second kappa shape index (κ2) is 6.74. The highest BCUT2D eigenvalue weighted by molar-refractivity contribution is 5.91. The van der Waals surface area contributed by atoms with Crippen LogP contribution in [-0.4, -0.2) is 43.0 Å². The Kier molecular flexibility index (Phi) is 4.39. The second-order valence-corrected chi connectivity index (χ2v) is 7.14. The lowest BCUT2D eigenvalue weighted by Gasteiger charge is -2.37. The van der Waals surface area contributed by atoms with Gasteiger partial charge in [-0.1, -0.05) is 0 Å². The summed E-state index contributed by atoms with van der Waals surface area (Å²) in [5, 5.41) is 12.8. The zero-order valence-corrected chi connectivity index (χ0v) is 15.3. The van der Waals surface area contributed by atoms with Gasteiger partial charge in [-0.2, -0.15) is 0 Å². The molecule has 7 nitrogen and oxygen atoms in total. The Labute approximate surface area is 156 Å². The largest absolute Gasteiger partial charge is 0.496 e. The molecule has 1 fully saturated rings. The summed E-state index contributed by atoms with van der Waals surface area (Å²) >= 11 is 0. The molecule has 1 aromatic carbocycles. The number of piperidine rings is 1. The van der Waals surface area contributed by atoms with Gasteiger partial charge >= 0.3 is 5.97 Å². The molecule has 1 saturated heterocycles. The van der Waals surface area contributed by atoms with Crippen LogP contribution in [0.15, 0.2) is 29.1 Å². The number of nitrogens with one attached hydrogen (secondary N) is 1. The SMILES string of the molecule is COc1cc(C(=O)O)cc(OC)c1-c1cc2n(c(=O)c1)C[C@@H]1CNC[C@H]2C1. The van der Waals surface area contributed by atoms with Gasteiger partial charge in [-0.25, -0.2) is 4.79 Å². The molecule has 2 bridgehead atoms. The smallest absolute Gasteiger partial charge is 0.335 e. The molecule has 2 aliphatic heterocycles. The average Bonchev–Trinajstić information content (AvgIpc) is 2.67. The summed E-state index contributed by atoms with van der Waals surface area (Å²) < 4.78 is 12.7. The molecule has 2 N–H and O–H groups in total. The summed E-state index contributed by atoms with van der Waals surface area (Å²) in [6.07, 6.45) is 1.07. The zero-order valence-electron chi connectivity index (χ0n) is 15.3. The van der Waals surface area contributed by atoms with E-state index in [4.69, 9.17) is 9.47 Å². The Hall–Kier alpha value is -2.80. The summed E-state index contributed by atoms with van der Waals surface area (Å²) in [5.74, 6) is 0.445. The third-order valence-corrected chi connectivity index (χ3v) is 5.50. The first-order valence-corrected chi connectivity index (χ1v) is 8.97. The predicted molar refractivity (Wildman–Crippen MR) is 99.9 cm³/mol. The molecule has 0 radical (unpaired) electrons. The molecule has 1 aromatic heterocycles. The number of carbonyl (C=O) groups is 1. The van der Waals surface area contributed by atoms with E-state index in [1.54, 1.807) is 6.07 Å². The molecule has 0 saturated carbocycles. The highest BCUT2D eigenvalue weighted by atomic mass is 16.5. The number of hydrogen-bond acceptors (Lipinski definition) is 5.